The zero-order valence-corrected chi connectivity index (χ0v) is 35.4. The molecule has 6 aliphatic rings. The van der Waals surface area contributed by atoms with Crippen LogP contribution >= 0.6 is 11.3 Å². The molecule has 4 aliphatic carbocycles. The van der Waals surface area contributed by atoms with Crippen LogP contribution in [-0.4, -0.2) is 99.9 Å². The zero-order valence-electron chi connectivity index (χ0n) is 34.5. The van der Waals surface area contributed by atoms with E-state index in [1.165, 1.54) is 30.0 Å². The van der Waals surface area contributed by atoms with Gasteiger partial charge in [0.2, 0.25) is 0 Å². The third-order valence-corrected chi connectivity index (χ3v) is 14.5. The normalized spacial score (nSPS) is 28.3. The predicted molar refractivity (Wildman–Crippen MR) is 231 cm³/mol. The smallest absolute Gasteiger partial charge is 0.355 e. The van der Waals surface area contributed by atoms with Gasteiger partial charge in [-0.15, -0.1) is 10.2 Å². The summed E-state index contributed by atoms with van der Waals surface area (Å²) in [6.07, 6.45) is 9.70. The lowest BCUT2D eigenvalue weighted by Crippen LogP contribution is -2.64. The average Bonchev–Trinajstić information content (AvgIpc) is 3.61. The van der Waals surface area contributed by atoms with Gasteiger partial charge in [0.25, 0.3) is 0 Å². The van der Waals surface area contributed by atoms with E-state index in [1.807, 2.05) is 24.8 Å². The molecule has 0 radical (unpaired) electrons. The minimum atomic E-state index is -1.15. The highest BCUT2D eigenvalue weighted by molar-refractivity contribution is 7.22. The largest absolute Gasteiger partial charge is 0.476 e. The van der Waals surface area contributed by atoms with Gasteiger partial charge in [0.1, 0.15) is 11.6 Å². The highest BCUT2D eigenvalue weighted by Gasteiger charge is 2.66. The molecule has 5 N–H and O–H groups in total. The molecule has 0 amide bonds. The van der Waals surface area contributed by atoms with Crippen LogP contribution in [-0.2, 0) is 11.2 Å². The summed E-state index contributed by atoms with van der Waals surface area (Å²) in [6, 6.07) is 8.45. The number of carbonyl (C=O) groups is 1. The van der Waals surface area contributed by atoms with Gasteiger partial charge in [-0.25, -0.2) is 19.2 Å². The van der Waals surface area contributed by atoms with E-state index < -0.39 is 5.97 Å². The molecule has 2 atom stereocenters. The first-order chi connectivity index (χ1) is 28.3. The fraction of sp³-hybridized carbons (Fsp3) is 0.545. The van der Waals surface area contributed by atoms with Gasteiger partial charge in [-0.2, -0.15) is 0 Å². The van der Waals surface area contributed by atoms with Crippen LogP contribution in [0.15, 0.2) is 41.5 Å². The van der Waals surface area contributed by atoms with Crippen LogP contribution in [0.2, 0.25) is 0 Å². The lowest BCUT2D eigenvalue weighted by Gasteiger charge is -2.69. The van der Waals surface area contributed by atoms with Gasteiger partial charge < -0.3 is 31.1 Å². The molecule has 2 unspecified atom stereocenters. The quantitative estimate of drug-likeness (QED) is 0.106. The topological polar surface area (TPSA) is 167 Å². The van der Waals surface area contributed by atoms with Gasteiger partial charge in [-0.3, -0.25) is 9.89 Å². The van der Waals surface area contributed by atoms with E-state index in [4.69, 9.17) is 20.4 Å². The molecule has 10 rings (SSSR count). The van der Waals surface area contributed by atoms with Gasteiger partial charge >= 0.3 is 5.97 Å². The van der Waals surface area contributed by atoms with Crippen molar-refractivity contribution < 1.29 is 19.0 Å². The summed E-state index contributed by atoms with van der Waals surface area (Å²) in [5.41, 5.74) is 10.6. The number of thiazole rings is 1. The van der Waals surface area contributed by atoms with E-state index in [0.717, 1.165) is 95.4 Å². The monoisotopic (exact) mass is 822 g/mol. The van der Waals surface area contributed by atoms with Gasteiger partial charge in [-0.1, -0.05) is 31.3 Å². The second-order valence-corrected chi connectivity index (χ2v) is 19.6. The van der Waals surface area contributed by atoms with Crippen molar-refractivity contribution in [1.29, 1.82) is 0 Å². The Balaban J connectivity index is 0.942. The first-order valence-corrected chi connectivity index (χ1v) is 21.8. The average molecular weight is 823 g/mol. The Labute approximate surface area is 348 Å². The molecule has 1 aromatic carbocycles. The van der Waals surface area contributed by atoms with Crippen LogP contribution in [0.4, 0.5) is 27.0 Å². The molecule has 3 aromatic heterocycles. The maximum Gasteiger partial charge on any atom is 0.355 e. The number of carboxylic acid groups (broad SMARTS) is 1. The van der Waals surface area contributed by atoms with Crippen molar-refractivity contribution in [3.8, 4) is 0 Å². The number of halogens is 1. The number of allylic oxidation sites excluding steroid dienone is 1. The number of nitrogens with one attached hydrogen (secondary N) is 2. The highest BCUT2D eigenvalue weighted by atomic mass is 32.1. The molecular weight excluding hydrogens is 768 g/mol. The van der Waals surface area contributed by atoms with E-state index in [2.05, 4.69) is 44.6 Å². The molecular formula is C44H55FN10O3S. The zero-order chi connectivity index (χ0) is 41.2. The third kappa shape index (κ3) is 7.59. The molecule has 4 saturated carbocycles. The summed E-state index contributed by atoms with van der Waals surface area (Å²) in [5, 5.41) is 26.9. The maximum atomic E-state index is 14.4. The van der Waals surface area contributed by atoms with Crippen molar-refractivity contribution >= 4 is 61.4 Å². The predicted octanol–water partition coefficient (Wildman–Crippen LogP) is 7.26. The molecule has 312 valence electrons. The second-order valence-electron chi connectivity index (χ2n) is 18.6. The van der Waals surface area contributed by atoms with Crippen molar-refractivity contribution in [3.05, 3.63) is 64.7 Å². The molecule has 5 fully saturated rings. The standard InChI is InChI=1S/C44H55FN10O3S/c1-27-29-7-6-14-55(38(29)53-52-37(27)51-40-49-33-9-5-8-32(45)36(33)59-40)34-11-10-30(35(50-34)39(56)57)31(19-46)28(2)48-26-43-21-41(3)20-42(4,22-43)24-44(23-41,25-43)58-18-17-54-15-12-47-13-16-54/h5,8-11,19,47H,6-7,12-18,20-26,46H2,1-4H3,(H,56,57)(H,49,51,52). The van der Waals surface area contributed by atoms with E-state index >= 15 is 0 Å². The van der Waals surface area contributed by atoms with Crippen molar-refractivity contribution in [2.45, 2.75) is 84.7 Å². The van der Waals surface area contributed by atoms with Gasteiger partial charge in [0.15, 0.2) is 22.5 Å². The second kappa shape index (κ2) is 15.2. The van der Waals surface area contributed by atoms with Crippen molar-refractivity contribution in [1.82, 2.24) is 30.4 Å². The number of nitrogens with zero attached hydrogens (tertiary/aromatic N) is 7. The highest BCUT2D eigenvalue weighted by Crippen LogP contribution is 2.71. The van der Waals surface area contributed by atoms with Crippen LogP contribution in [0.5, 0.6) is 0 Å². The van der Waals surface area contributed by atoms with Crippen LogP contribution in [0.25, 0.3) is 15.8 Å². The van der Waals surface area contributed by atoms with Gasteiger partial charge in [-0.05, 0) is 106 Å². The number of carboxylic acids is 1. The number of fused-ring (bicyclic) bond motifs is 2. The number of benzene rings is 1. The van der Waals surface area contributed by atoms with Gasteiger partial charge in [0.05, 0.1) is 22.4 Å². The molecule has 1 saturated heterocycles. The lowest BCUT2D eigenvalue weighted by molar-refractivity contribution is -0.242. The SMILES string of the molecule is CC(=NCC12CC3(C)CC(C)(C1)CC(OCCN1CCNCC1)(C3)C2)C(=CN)c1ccc(N2CCCc3c2nnc(Nc2nc4cccc(F)c4s2)c3C)nc1C(=O)O. The molecule has 0 spiro atoms. The Morgan fingerprint density at radius 3 is 2.58 bits per heavy atom. The van der Waals surface area contributed by atoms with Crippen LogP contribution in [0.1, 0.15) is 92.9 Å². The lowest BCUT2D eigenvalue weighted by atomic mass is 9.39. The van der Waals surface area contributed by atoms with E-state index in [-0.39, 0.29) is 33.4 Å². The summed E-state index contributed by atoms with van der Waals surface area (Å²) in [6.45, 7) is 16.0. The number of ether oxygens (including phenoxy) is 1. The third-order valence-electron chi connectivity index (χ3n) is 13.5. The Bertz CT molecular complexity index is 2340. The summed E-state index contributed by atoms with van der Waals surface area (Å²) in [5.74, 6) is 0.165. The minimum absolute atomic E-state index is 0.00845. The van der Waals surface area contributed by atoms with Crippen LogP contribution in [0.3, 0.4) is 0 Å². The van der Waals surface area contributed by atoms with Crippen LogP contribution < -0.4 is 21.3 Å². The number of rotatable bonds is 12. The Hall–Kier alpha value is -4.57. The Morgan fingerprint density at radius 1 is 1.07 bits per heavy atom. The number of aliphatic imine (C=N–C) groups is 1. The minimum Gasteiger partial charge on any atom is -0.476 e. The summed E-state index contributed by atoms with van der Waals surface area (Å²) in [7, 11) is 0. The molecule has 5 heterocycles. The maximum absolute atomic E-state index is 14.4. The molecule has 15 heteroatoms. The molecule has 13 nitrogen and oxygen atoms in total. The molecule has 2 aliphatic heterocycles. The van der Waals surface area contributed by atoms with Crippen molar-refractivity contribution in [3.63, 3.8) is 0 Å². The summed E-state index contributed by atoms with van der Waals surface area (Å²) < 4.78 is 21.8. The van der Waals surface area contributed by atoms with Crippen LogP contribution in [0, 0.1) is 29.0 Å². The number of hydrogen-bond acceptors (Lipinski definition) is 13. The Kier molecular flexibility index (Phi) is 10.2. The molecule has 4 bridgehead atoms. The Morgan fingerprint density at radius 2 is 1.85 bits per heavy atom. The van der Waals surface area contributed by atoms with Crippen molar-refractivity contribution in [2.75, 3.05) is 62.6 Å². The fourth-order valence-corrected chi connectivity index (χ4v) is 13.1. The molecule has 4 aromatic rings. The van der Waals surface area contributed by atoms with E-state index in [9.17, 15) is 14.3 Å². The molecule has 59 heavy (non-hydrogen) atoms. The van der Waals surface area contributed by atoms with E-state index in [0.29, 0.717) is 62.7 Å². The first kappa shape index (κ1) is 39.9. The number of nitrogens with two attached hydrogens (primary N) is 1. The summed E-state index contributed by atoms with van der Waals surface area (Å²) >= 11 is 1.22. The number of aromatic carboxylic acids is 1. The number of aromatic nitrogens is 4. The first-order valence-electron chi connectivity index (χ1n) is 21.0. The summed E-state index contributed by atoms with van der Waals surface area (Å²) in [4.78, 5) is 31.8. The number of hydrogen-bond donors (Lipinski definition) is 4. The number of anilines is 4. The van der Waals surface area contributed by atoms with Crippen molar-refractivity contribution in [2.24, 2.45) is 27.0 Å². The van der Waals surface area contributed by atoms with E-state index in [1.54, 1.807) is 18.2 Å². The van der Waals surface area contributed by atoms with Gasteiger partial charge in [0, 0.05) is 80.0 Å². The fourth-order valence-electron chi connectivity index (χ4n) is 12.2. The number of piperazine rings is 1. The number of pyridine rings is 1.